The molecular weight excluding hydrogens is 273 g/mol. The zero-order valence-corrected chi connectivity index (χ0v) is 12.9. The van der Waals surface area contributed by atoms with Crippen LogP contribution in [0.4, 0.5) is 0 Å². The van der Waals surface area contributed by atoms with Crippen LogP contribution in [0.2, 0.25) is 15.6 Å². The van der Waals surface area contributed by atoms with Crippen LogP contribution >= 0.6 is 0 Å². The molecule has 0 fully saturated rings. The Kier molecular flexibility index (Phi) is 8.63. The predicted molar refractivity (Wildman–Crippen MR) is 73.0 cm³/mol. The minimum atomic E-state index is -1.31. The van der Waals surface area contributed by atoms with Crippen LogP contribution in [0.1, 0.15) is 26.3 Å². The molecule has 1 rings (SSSR count). The van der Waals surface area contributed by atoms with Crippen LogP contribution in [0.3, 0.4) is 0 Å². The summed E-state index contributed by atoms with van der Waals surface area (Å²) in [6.07, 6.45) is 0.500. The molecule has 2 nitrogen and oxygen atoms in total. The first-order valence-corrected chi connectivity index (χ1v) is 11.4. The van der Waals surface area contributed by atoms with Gasteiger partial charge < -0.3 is 5.11 Å². The van der Waals surface area contributed by atoms with Crippen molar-refractivity contribution in [2.75, 3.05) is 0 Å². The fourth-order valence-electron chi connectivity index (χ4n) is 1.98. The first-order chi connectivity index (χ1) is 8.17. The molecular formula is C14H22AsNO. The van der Waals surface area contributed by atoms with Crippen molar-refractivity contribution < 1.29 is 5.11 Å². The van der Waals surface area contributed by atoms with Gasteiger partial charge in [0.05, 0.1) is 0 Å². The van der Waals surface area contributed by atoms with Gasteiger partial charge in [0.15, 0.2) is 0 Å². The Morgan fingerprint density at radius 2 is 1.47 bits per heavy atom. The van der Waals surface area contributed by atoms with Crippen LogP contribution in [-0.4, -0.2) is 13.6 Å². The maximum absolute atomic E-state index is 8.24. The zero-order valence-electron chi connectivity index (χ0n) is 11.0. The van der Waals surface area contributed by atoms with E-state index in [9.17, 15) is 0 Å². The second kappa shape index (κ2) is 9.14. The molecule has 1 aromatic rings. The number of nitriles is 1. The van der Waals surface area contributed by atoms with Crippen LogP contribution < -0.4 is 5.11 Å². The summed E-state index contributed by atoms with van der Waals surface area (Å²) in [6, 6.07) is 11.0. The summed E-state index contributed by atoms with van der Waals surface area (Å²) in [7, 11) is 0. The molecule has 3 heteroatoms. The smallest absolute Gasteiger partial charge is 0.0199 e. The predicted octanol–water partition coefficient (Wildman–Crippen LogP) is 3.10. The van der Waals surface area contributed by atoms with E-state index in [0.29, 0.717) is 6.26 Å². The van der Waals surface area contributed by atoms with Crippen molar-refractivity contribution >= 4 is 13.6 Å². The molecule has 0 spiro atoms. The van der Waals surface area contributed by atoms with E-state index in [-0.39, 0.29) is 0 Å². The van der Waals surface area contributed by atoms with Crippen LogP contribution in [0.5, 0.6) is 0 Å². The van der Waals surface area contributed by atoms with E-state index in [0.717, 1.165) is 0 Å². The molecule has 0 aromatic heterocycles. The maximum Gasteiger partial charge on any atom is 0.0199 e. The van der Waals surface area contributed by atoms with E-state index in [2.05, 4.69) is 51.1 Å². The molecule has 0 aliphatic rings. The summed E-state index contributed by atoms with van der Waals surface area (Å²) in [4.78, 5) is 0. The van der Waals surface area contributed by atoms with Crippen LogP contribution in [0, 0.1) is 11.5 Å². The Labute approximate surface area is 108 Å². The Hall–Kier alpha value is -0.932. The first kappa shape index (κ1) is 16.1. The zero-order chi connectivity index (χ0) is 13.1. The van der Waals surface area contributed by atoms with Gasteiger partial charge in [0, 0.05) is 6.26 Å². The van der Waals surface area contributed by atoms with Gasteiger partial charge >= 0.3 is 91.1 Å². The molecule has 1 aromatic carbocycles. The summed E-state index contributed by atoms with van der Waals surface area (Å²) < 4.78 is 0. The fourth-order valence-corrected chi connectivity index (χ4v) is 8.27. The summed E-state index contributed by atoms with van der Waals surface area (Å²) in [5.41, 5.74) is 1.56. The van der Waals surface area contributed by atoms with Crippen molar-refractivity contribution in [2.24, 2.45) is 0 Å². The molecule has 0 amide bonds. The monoisotopic (exact) mass is 295 g/mol. The van der Waals surface area contributed by atoms with Crippen molar-refractivity contribution in [1.82, 2.24) is 0 Å². The number of hydrogen-bond donors (Lipinski definition) is 0. The Morgan fingerprint density at radius 3 is 1.82 bits per heavy atom. The van der Waals surface area contributed by atoms with E-state index in [4.69, 9.17) is 10.4 Å². The maximum atomic E-state index is 8.24. The standard InChI is InChI=1S/C13H22As.CHNO/c1-4-14(5-2,6-3)12-13-10-8-7-9-11-13;2-1-3/h7-11H,4-6,12H2,1-3H3;3H/q+1;/p-1. The van der Waals surface area contributed by atoms with Crippen LogP contribution in [0.15, 0.2) is 30.3 Å². The average Bonchev–Trinajstić information content (AvgIpc) is 2.38. The number of hydrogen-bond acceptors (Lipinski definition) is 2. The Morgan fingerprint density at radius 1 is 1.06 bits per heavy atom. The largest absolute Gasteiger partial charge is 0.812 e. The summed E-state index contributed by atoms with van der Waals surface area (Å²) in [5.74, 6) is 0. The molecule has 0 aliphatic heterocycles. The van der Waals surface area contributed by atoms with E-state index in [1.54, 1.807) is 5.56 Å². The second-order valence-electron chi connectivity index (χ2n) is 4.03. The van der Waals surface area contributed by atoms with Crippen LogP contribution in [0.25, 0.3) is 0 Å². The van der Waals surface area contributed by atoms with E-state index >= 15 is 0 Å². The SMILES string of the molecule is CC[As+](CC)(CC)Cc1ccccc1.N#C[O-]. The van der Waals surface area contributed by atoms with Gasteiger partial charge in [0.25, 0.3) is 0 Å². The van der Waals surface area contributed by atoms with Gasteiger partial charge in [-0.1, -0.05) is 0 Å². The number of benzene rings is 1. The molecule has 0 unspecified atom stereocenters. The topological polar surface area (TPSA) is 46.8 Å². The first-order valence-electron chi connectivity index (χ1n) is 6.08. The summed E-state index contributed by atoms with van der Waals surface area (Å²) in [5, 5.41) is 20.8. The molecule has 0 N–H and O–H groups in total. The molecule has 0 heterocycles. The third kappa shape index (κ3) is 5.80. The third-order valence-corrected chi connectivity index (χ3v) is 14.0. The van der Waals surface area contributed by atoms with Gasteiger partial charge in [-0.3, -0.25) is 0 Å². The van der Waals surface area contributed by atoms with Crippen molar-refractivity contribution in [3.8, 4) is 6.26 Å². The van der Waals surface area contributed by atoms with Gasteiger partial charge in [-0.05, 0) is 0 Å². The molecule has 0 aliphatic carbocycles. The normalized spacial score (nSPS) is 10.0. The average molecular weight is 295 g/mol. The van der Waals surface area contributed by atoms with E-state index in [1.165, 1.54) is 20.8 Å². The minimum absolute atomic E-state index is 0.500. The molecule has 0 atom stereocenters. The minimum Gasteiger partial charge on any atom is -0.812 e. The van der Waals surface area contributed by atoms with Crippen molar-refractivity contribution in [3.05, 3.63) is 35.9 Å². The van der Waals surface area contributed by atoms with Gasteiger partial charge in [-0.2, -0.15) is 0 Å². The van der Waals surface area contributed by atoms with Gasteiger partial charge in [-0.25, -0.2) is 5.26 Å². The molecule has 0 saturated heterocycles. The van der Waals surface area contributed by atoms with E-state index < -0.39 is 13.6 Å². The summed E-state index contributed by atoms with van der Waals surface area (Å²) in [6.45, 7) is 7.18. The molecule has 17 heavy (non-hydrogen) atoms. The van der Waals surface area contributed by atoms with Crippen LogP contribution in [-0.2, 0) is 5.21 Å². The Balaban J connectivity index is 0.000000770. The number of rotatable bonds is 5. The fraction of sp³-hybridized carbons (Fsp3) is 0.500. The van der Waals surface area contributed by atoms with Gasteiger partial charge in [0.1, 0.15) is 0 Å². The van der Waals surface area contributed by atoms with Crippen molar-refractivity contribution in [2.45, 2.75) is 41.6 Å². The van der Waals surface area contributed by atoms with E-state index in [1.807, 2.05) is 0 Å². The number of nitrogens with zero attached hydrogens (tertiary/aromatic N) is 1. The summed E-state index contributed by atoms with van der Waals surface area (Å²) >= 11 is -1.31. The molecule has 94 valence electrons. The van der Waals surface area contributed by atoms with Crippen molar-refractivity contribution in [1.29, 1.82) is 5.26 Å². The quantitative estimate of drug-likeness (QED) is 0.619. The van der Waals surface area contributed by atoms with Gasteiger partial charge in [0.2, 0.25) is 0 Å². The Bertz CT molecular complexity index is 320. The molecule has 0 saturated carbocycles. The van der Waals surface area contributed by atoms with Crippen molar-refractivity contribution in [3.63, 3.8) is 0 Å². The van der Waals surface area contributed by atoms with Gasteiger partial charge in [-0.15, -0.1) is 0 Å². The molecule has 0 bridgehead atoms. The second-order valence-corrected chi connectivity index (χ2v) is 14.3. The third-order valence-electron chi connectivity index (χ3n) is 3.37. The molecule has 0 radical (unpaired) electrons.